The average Bonchev–Trinajstić information content (AvgIpc) is 2.69. The molecule has 7 heteroatoms. The molecule has 1 amide bonds. The van der Waals surface area contributed by atoms with Gasteiger partial charge in [-0.1, -0.05) is 24.6 Å². The van der Waals surface area contributed by atoms with E-state index in [4.69, 9.17) is 4.74 Å². The van der Waals surface area contributed by atoms with Gasteiger partial charge in [-0.25, -0.2) is 8.42 Å². The van der Waals surface area contributed by atoms with Crippen LogP contribution in [0.3, 0.4) is 0 Å². The number of rotatable bonds is 7. The summed E-state index contributed by atoms with van der Waals surface area (Å²) in [6.45, 7) is 3.33. The molecule has 1 aliphatic heterocycles. The Labute approximate surface area is 166 Å². The van der Waals surface area contributed by atoms with Gasteiger partial charge in [0.2, 0.25) is 15.9 Å². The summed E-state index contributed by atoms with van der Waals surface area (Å²) >= 11 is 0. The fraction of sp³-hybridized carbons (Fsp3) is 0.381. The van der Waals surface area contributed by atoms with Crippen molar-refractivity contribution in [3.63, 3.8) is 0 Å². The summed E-state index contributed by atoms with van der Waals surface area (Å²) in [5, 5.41) is 2.75. The second-order valence-electron chi connectivity index (χ2n) is 6.96. The summed E-state index contributed by atoms with van der Waals surface area (Å²) in [6, 6.07) is 14.1. The number of amides is 1. The second-order valence-corrected chi connectivity index (χ2v) is 8.89. The lowest BCUT2D eigenvalue weighted by Gasteiger charge is -2.26. The maximum absolute atomic E-state index is 12.8. The molecule has 1 fully saturated rings. The quantitative estimate of drug-likeness (QED) is 0.768. The molecule has 150 valence electrons. The fourth-order valence-corrected chi connectivity index (χ4v) is 4.74. The molecule has 0 atom stereocenters. The number of aryl methyl sites for hydroxylation is 1. The highest BCUT2D eigenvalue weighted by Crippen LogP contribution is 2.23. The van der Waals surface area contributed by atoms with E-state index in [0.29, 0.717) is 18.8 Å². The minimum absolute atomic E-state index is 0.178. The van der Waals surface area contributed by atoms with Gasteiger partial charge in [-0.2, -0.15) is 4.31 Å². The zero-order valence-electron chi connectivity index (χ0n) is 16.1. The number of nitrogens with one attached hydrogen (secondary N) is 1. The molecule has 2 aromatic carbocycles. The van der Waals surface area contributed by atoms with Gasteiger partial charge in [0.25, 0.3) is 0 Å². The molecule has 0 aliphatic carbocycles. The van der Waals surface area contributed by atoms with Crippen LogP contribution in [0.1, 0.15) is 31.2 Å². The lowest BCUT2D eigenvalue weighted by atomic mass is 10.2. The molecular weight excluding hydrogens is 376 g/mol. The number of hydrogen-bond donors (Lipinski definition) is 1. The van der Waals surface area contributed by atoms with Gasteiger partial charge < -0.3 is 10.1 Å². The van der Waals surface area contributed by atoms with E-state index in [1.807, 2.05) is 31.2 Å². The Bertz CT molecular complexity index is 922. The van der Waals surface area contributed by atoms with Crippen LogP contribution in [0.15, 0.2) is 53.4 Å². The summed E-state index contributed by atoms with van der Waals surface area (Å²) in [4.78, 5) is 12.4. The van der Waals surface area contributed by atoms with E-state index < -0.39 is 10.0 Å². The van der Waals surface area contributed by atoms with Crippen molar-refractivity contribution in [2.24, 2.45) is 0 Å². The van der Waals surface area contributed by atoms with Crippen molar-refractivity contribution in [2.75, 3.05) is 25.0 Å². The molecule has 0 saturated carbocycles. The first-order valence-electron chi connectivity index (χ1n) is 9.55. The third-order valence-corrected chi connectivity index (χ3v) is 6.55. The lowest BCUT2D eigenvalue weighted by molar-refractivity contribution is -0.116. The van der Waals surface area contributed by atoms with E-state index >= 15 is 0 Å². The first-order chi connectivity index (χ1) is 13.4. The number of benzene rings is 2. The summed E-state index contributed by atoms with van der Waals surface area (Å²) in [6.07, 6.45) is 3.01. The van der Waals surface area contributed by atoms with Crippen molar-refractivity contribution in [3.8, 4) is 5.75 Å². The van der Waals surface area contributed by atoms with Crippen LogP contribution in [0.4, 0.5) is 5.69 Å². The Kier molecular flexibility index (Phi) is 6.70. The molecule has 1 N–H and O–H groups in total. The van der Waals surface area contributed by atoms with Gasteiger partial charge in [0.1, 0.15) is 5.75 Å². The van der Waals surface area contributed by atoms with Crippen molar-refractivity contribution < 1.29 is 17.9 Å². The molecule has 1 aliphatic rings. The van der Waals surface area contributed by atoms with Gasteiger partial charge in [-0.3, -0.25) is 4.79 Å². The van der Waals surface area contributed by atoms with Crippen LogP contribution >= 0.6 is 0 Å². The van der Waals surface area contributed by atoms with Crippen molar-refractivity contribution in [1.29, 1.82) is 0 Å². The molecule has 0 aromatic heterocycles. The van der Waals surface area contributed by atoms with Crippen LogP contribution in [0.5, 0.6) is 5.75 Å². The van der Waals surface area contributed by atoms with E-state index in [1.165, 1.54) is 10.4 Å². The van der Waals surface area contributed by atoms with Crippen LogP contribution < -0.4 is 10.1 Å². The standard InChI is InChI=1S/C21H26N2O4S/c1-17-7-5-9-19(15-17)27-14-11-21(24)22-18-8-6-10-20(16-18)28(25,26)23-12-3-2-4-13-23/h5-10,15-16H,2-4,11-14H2,1H3,(H,22,24). The number of anilines is 1. The van der Waals surface area contributed by atoms with Gasteiger partial charge in [0.05, 0.1) is 17.9 Å². The summed E-state index contributed by atoms with van der Waals surface area (Å²) in [5.74, 6) is 0.502. The molecule has 2 aromatic rings. The van der Waals surface area contributed by atoms with Crippen molar-refractivity contribution in [1.82, 2.24) is 4.31 Å². The normalized spacial score (nSPS) is 15.2. The van der Waals surface area contributed by atoms with Crippen molar-refractivity contribution in [3.05, 3.63) is 54.1 Å². The highest BCUT2D eigenvalue weighted by atomic mass is 32.2. The molecule has 0 radical (unpaired) electrons. The highest BCUT2D eigenvalue weighted by molar-refractivity contribution is 7.89. The number of nitrogens with zero attached hydrogens (tertiary/aromatic N) is 1. The Morgan fingerprint density at radius 3 is 2.57 bits per heavy atom. The van der Waals surface area contributed by atoms with Crippen LogP contribution in [0.25, 0.3) is 0 Å². The molecule has 1 heterocycles. The molecule has 0 spiro atoms. The van der Waals surface area contributed by atoms with E-state index in [1.54, 1.807) is 18.2 Å². The van der Waals surface area contributed by atoms with E-state index in [0.717, 1.165) is 30.6 Å². The Morgan fingerprint density at radius 1 is 1.07 bits per heavy atom. The van der Waals surface area contributed by atoms with Gasteiger partial charge in [-0.15, -0.1) is 0 Å². The van der Waals surface area contributed by atoms with Gasteiger partial charge in [0.15, 0.2) is 0 Å². The first-order valence-corrected chi connectivity index (χ1v) is 11.0. The predicted octanol–water partition coefficient (Wildman–Crippen LogP) is 3.58. The molecule has 0 bridgehead atoms. The first kappa shape index (κ1) is 20.4. The Morgan fingerprint density at radius 2 is 1.82 bits per heavy atom. The Hall–Kier alpha value is -2.38. The summed E-state index contributed by atoms with van der Waals surface area (Å²) < 4.78 is 32.7. The molecule has 0 unspecified atom stereocenters. The number of ether oxygens (including phenoxy) is 1. The van der Waals surface area contributed by atoms with E-state index in [2.05, 4.69) is 5.32 Å². The topological polar surface area (TPSA) is 75.7 Å². The number of carbonyl (C=O) groups excluding carboxylic acids is 1. The Balaban J connectivity index is 1.57. The lowest BCUT2D eigenvalue weighted by Crippen LogP contribution is -2.35. The van der Waals surface area contributed by atoms with Crippen LogP contribution in [-0.2, 0) is 14.8 Å². The predicted molar refractivity (Wildman–Crippen MR) is 109 cm³/mol. The average molecular weight is 403 g/mol. The molecule has 28 heavy (non-hydrogen) atoms. The summed E-state index contributed by atoms with van der Waals surface area (Å²) in [5.41, 5.74) is 1.56. The van der Waals surface area contributed by atoms with Gasteiger partial charge >= 0.3 is 0 Å². The number of carbonyl (C=O) groups is 1. The van der Waals surface area contributed by atoms with Gasteiger partial charge in [0, 0.05) is 18.8 Å². The molecular formula is C21H26N2O4S. The summed E-state index contributed by atoms with van der Waals surface area (Å²) in [7, 11) is -3.52. The smallest absolute Gasteiger partial charge is 0.243 e. The monoisotopic (exact) mass is 402 g/mol. The maximum Gasteiger partial charge on any atom is 0.243 e. The van der Waals surface area contributed by atoms with Crippen LogP contribution in [0, 0.1) is 6.92 Å². The van der Waals surface area contributed by atoms with Crippen molar-refractivity contribution in [2.45, 2.75) is 37.5 Å². The minimum Gasteiger partial charge on any atom is -0.493 e. The third kappa shape index (κ3) is 5.33. The molecule has 1 saturated heterocycles. The SMILES string of the molecule is Cc1cccc(OCCC(=O)Nc2cccc(S(=O)(=O)N3CCCCC3)c2)c1. The van der Waals surface area contributed by atoms with Crippen LogP contribution in [0.2, 0.25) is 0 Å². The molecule has 6 nitrogen and oxygen atoms in total. The minimum atomic E-state index is -3.52. The zero-order chi connectivity index (χ0) is 20.0. The van der Waals surface area contributed by atoms with E-state index in [-0.39, 0.29) is 23.8 Å². The largest absolute Gasteiger partial charge is 0.493 e. The van der Waals surface area contributed by atoms with Crippen LogP contribution in [-0.4, -0.2) is 38.3 Å². The van der Waals surface area contributed by atoms with Crippen molar-refractivity contribution >= 4 is 21.6 Å². The number of hydrogen-bond acceptors (Lipinski definition) is 4. The number of sulfonamides is 1. The van der Waals surface area contributed by atoms with E-state index in [9.17, 15) is 13.2 Å². The fourth-order valence-electron chi connectivity index (χ4n) is 3.18. The maximum atomic E-state index is 12.8. The zero-order valence-corrected chi connectivity index (χ0v) is 16.9. The molecule has 3 rings (SSSR count). The second kappa shape index (κ2) is 9.21. The van der Waals surface area contributed by atoms with Gasteiger partial charge in [-0.05, 0) is 55.7 Å². The third-order valence-electron chi connectivity index (χ3n) is 4.66. The number of piperidine rings is 1. The highest BCUT2D eigenvalue weighted by Gasteiger charge is 2.26.